The van der Waals surface area contributed by atoms with Crippen LogP contribution in [0.15, 0.2) is 18.2 Å². The molecule has 3 N–H and O–H groups in total. The SMILES string of the molecule is NC(=O)CCCCn1c(=S)[nH]c2cc(Cl)ccc21. The summed E-state index contributed by atoms with van der Waals surface area (Å²) in [5.41, 5.74) is 7.07. The molecule has 0 atom stereocenters. The van der Waals surface area contributed by atoms with E-state index in [1.165, 1.54) is 0 Å². The molecule has 1 aromatic carbocycles. The maximum atomic E-state index is 10.7. The number of amides is 1. The van der Waals surface area contributed by atoms with E-state index in [2.05, 4.69) is 4.98 Å². The second-order valence-corrected chi connectivity index (χ2v) is 4.99. The largest absolute Gasteiger partial charge is 0.370 e. The van der Waals surface area contributed by atoms with Crippen LogP contribution in [0.4, 0.5) is 0 Å². The Kier molecular flexibility index (Phi) is 4.04. The Hall–Kier alpha value is -1.33. The average Bonchev–Trinajstić information content (AvgIpc) is 2.59. The van der Waals surface area contributed by atoms with Gasteiger partial charge in [-0.25, -0.2) is 0 Å². The minimum Gasteiger partial charge on any atom is -0.370 e. The number of nitrogens with one attached hydrogen (secondary N) is 1. The summed E-state index contributed by atoms with van der Waals surface area (Å²) in [7, 11) is 0. The number of hydrogen-bond acceptors (Lipinski definition) is 2. The van der Waals surface area contributed by atoms with E-state index in [9.17, 15) is 4.79 Å². The molecule has 1 heterocycles. The normalized spacial score (nSPS) is 10.9. The third-order valence-corrected chi connectivity index (χ3v) is 3.35. The van der Waals surface area contributed by atoms with E-state index in [0.29, 0.717) is 16.2 Å². The lowest BCUT2D eigenvalue weighted by Gasteiger charge is -2.03. The van der Waals surface area contributed by atoms with Crippen molar-refractivity contribution in [2.45, 2.75) is 25.8 Å². The number of carbonyl (C=O) groups excluding carboxylic acids is 1. The van der Waals surface area contributed by atoms with Crippen molar-refractivity contribution >= 4 is 40.8 Å². The van der Waals surface area contributed by atoms with Crippen LogP contribution in [0.1, 0.15) is 19.3 Å². The first-order valence-electron chi connectivity index (χ1n) is 5.74. The van der Waals surface area contributed by atoms with Crippen molar-refractivity contribution < 1.29 is 4.79 Å². The molecule has 0 aliphatic rings. The second kappa shape index (κ2) is 5.54. The van der Waals surface area contributed by atoms with E-state index >= 15 is 0 Å². The molecule has 6 heteroatoms. The van der Waals surface area contributed by atoms with Crippen LogP contribution in [0.25, 0.3) is 11.0 Å². The van der Waals surface area contributed by atoms with Gasteiger partial charge in [-0.2, -0.15) is 0 Å². The molecule has 2 rings (SSSR count). The Morgan fingerprint density at radius 3 is 2.94 bits per heavy atom. The molecule has 1 aromatic heterocycles. The lowest BCUT2D eigenvalue weighted by atomic mass is 10.2. The van der Waals surface area contributed by atoms with Crippen LogP contribution in [0.5, 0.6) is 0 Å². The van der Waals surface area contributed by atoms with Gasteiger partial charge in [0.15, 0.2) is 4.77 Å². The number of aromatic amines is 1. The number of nitrogens with two attached hydrogens (primary N) is 1. The fourth-order valence-electron chi connectivity index (χ4n) is 1.93. The zero-order valence-electron chi connectivity index (χ0n) is 9.78. The van der Waals surface area contributed by atoms with E-state index in [1.54, 1.807) is 0 Å². The topological polar surface area (TPSA) is 63.8 Å². The number of imidazole rings is 1. The lowest BCUT2D eigenvalue weighted by molar-refractivity contribution is -0.118. The highest BCUT2D eigenvalue weighted by Crippen LogP contribution is 2.19. The summed E-state index contributed by atoms with van der Waals surface area (Å²) in [5, 5.41) is 0.680. The van der Waals surface area contributed by atoms with E-state index in [0.717, 1.165) is 30.4 Å². The van der Waals surface area contributed by atoms with Crippen LogP contribution in [-0.4, -0.2) is 15.5 Å². The molecule has 0 spiro atoms. The Morgan fingerprint density at radius 2 is 2.22 bits per heavy atom. The number of aromatic nitrogens is 2. The summed E-state index contributed by atoms with van der Waals surface area (Å²) in [4.78, 5) is 13.8. The number of primary amides is 1. The second-order valence-electron chi connectivity index (χ2n) is 4.17. The third-order valence-electron chi connectivity index (χ3n) is 2.79. The zero-order valence-corrected chi connectivity index (χ0v) is 11.4. The predicted octanol–water partition coefficient (Wildman–Crippen LogP) is 3.01. The summed E-state index contributed by atoms with van der Waals surface area (Å²) in [5.74, 6) is -0.260. The van der Waals surface area contributed by atoms with Crippen LogP contribution < -0.4 is 5.73 Å². The van der Waals surface area contributed by atoms with Gasteiger partial charge in [-0.3, -0.25) is 4.79 Å². The summed E-state index contributed by atoms with van der Waals surface area (Å²) in [6.45, 7) is 0.772. The minimum atomic E-state index is -0.260. The van der Waals surface area contributed by atoms with Crippen molar-refractivity contribution in [2.75, 3.05) is 0 Å². The van der Waals surface area contributed by atoms with Crippen molar-refractivity contribution in [3.63, 3.8) is 0 Å². The molecular formula is C12H14ClN3OS. The number of benzene rings is 1. The third kappa shape index (κ3) is 2.91. The molecule has 96 valence electrons. The van der Waals surface area contributed by atoms with Crippen LogP contribution in [0.3, 0.4) is 0 Å². The van der Waals surface area contributed by atoms with E-state index < -0.39 is 0 Å². The summed E-state index contributed by atoms with van der Waals surface area (Å²) in [6.07, 6.45) is 2.06. The first-order valence-corrected chi connectivity index (χ1v) is 6.53. The number of nitrogens with zero attached hydrogens (tertiary/aromatic N) is 1. The summed E-state index contributed by atoms with van der Waals surface area (Å²) < 4.78 is 2.69. The maximum absolute atomic E-state index is 10.7. The highest BCUT2D eigenvalue weighted by atomic mass is 35.5. The molecule has 0 aliphatic carbocycles. The molecule has 0 saturated heterocycles. The number of hydrogen-bond donors (Lipinski definition) is 2. The fourth-order valence-corrected chi connectivity index (χ4v) is 2.40. The van der Waals surface area contributed by atoms with Crippen LogP contribution in [0, 0.1) is 4.77 Å². The van der Waals surface area contributed by atoms with Gasteiger partial charge in [0.25, 0.3) is 0 Å². The van der Waals surface area contributed by atoms with Gasteiger partial charge in [0.2, 0.25) is 5.91 Å². The van der Waals surface area contributed by atoms with Crippen LogP contribution in [-0.2, 0) is 11.3 Å². The Morgan fingerprint density at radius 1 is 1.44 bits per heavy atom. The standard InChI is InChI=1S/C12H14ClN3OS/c13-8-4-5-10-9(7-8)15-12(18)16(10)6-2-1-3-11(14)17/h4-5,7H,1-3,6H2,(H2,14,17)(H,15,18). The number of fused-ring (bicyclic) bond motifs is 1. The Labute approximate surface area is 115 Å². The Balaban J connectivity index is 2.15. The van der Waals surface area contributed by atoms with Crippen LogP contribution in [0.2, 0.25) is 5.02 Å². The van der Waals surface area contributed by atoms with Gasteiger partial charge in [0.1, 0.15) is 0 Å². The summed E-state index contributed by atoms with van der Waals surface area (Å²) >= 11 is 11.2. The van der Waals surface area contributed by atoms with Gasteiger partial charge >= 0.3 is 0 Å². The average molecular weight is 284 g/mol. The van der Waals surface area contributed by atoms with E-state index in [-0.39, 0.29) is 5.91 Å². The zero-order chi connectivity index (χ0) is 13.1. The predicted molar refractivity (Wildman–Crippen MR) is 75.2 cm³/mol. The van der Waals surface area contributed by atoms with E-state index in [1.807, 2.05) is 22.8 Å². The van der Waals surface area contributed by atoms with Gasteiger partial charge in [-0.1, -0.05) is 11.6 Å². The molecule has 1 amide bonds. The quantitative estimate of drug-likeness (QED) is 0.654. The lowest BCUT2D eigenvalue weighted by Crippen LogP contribution is -2.10. The van der Waals surface area contributed by atoms with E-state index in [4.69, 9.17) is 29.6 Å². The smallest absolute Gasteiger partial charge is 0.217 e. The molecule has 0 fully saturated rings. The fraction of sp³-hybridized carbons (Fsp3) is 0.333. The monoisotopic (exact) mass is 283 g/mol. The first-order chi connectivity index (χ1) is 8.58. The number of carbonyl (C=O) groups is 1. The van der Waals surface area contributed by atoms with Gasteiger partial charge in [-0.05, 0) is 43.3 Å². The van der Waals surface area contributed by atoms with Crippen molar-refractivity contribution in [1.82, 2.24) is 9.55 Å². The van der Waals surface area contributed by atoms with Gasteiger partial charge in [0, 0.05) is 18.0 Å². The molecule has 0 radical (unpaired) electrons. The number of rotatable bonds is 5. The molecule has 4 nitrogen and oxygen atoms in total. The van der Waals surface area contributed by atoms with Gasteiger partial charge < -0.3 is 15.3 Å². The van der Waals surface area contributed by atoms with Gasteiger partial charge in [0.05, 0.1) is 11.0 Å². The van der Waals surface area contributed by atoms with Crippen molar-refractivity contribution in [3.05, 3.63) is 28.0 Å². The van der Waals surface area contributed by atoms with Crippen molar-refractivity contribution in [1.29, 1.82) is 0 Å². The highest BCUT2D eigenvalue weighted by Gasteiger charge is 2.04. The Bertz CT molecular complexity index is 632. The molecule has 0 aliphatic heterocycles. The summed E-state index contributed by atoms with van der Waals surface area (Å²) in [6, 6.07) is 5.64. The molecule has 0 saturated carbocycles. The first kappa shape index (κ1) is 13.1. The molecule has 0 unspecified atom stereocenters. The number of aryl methyl sites for hydroxylation is 1. The maximum Gasteiger partial charge on any atom is 0.217 e. The van der Waals surface area contributed by atoms with Crippen molar-refractivity contribution in [2.24, 2.45) is 5.73 Å². The molecule has 18 heavy (non-hydrogen) atoms. The number of halogens is 1. The van der Waals surface area contributed by atoms with Crippen molar-refractivity contribution in [3.8, 4) is 0 Å². The number of H-pyrrole nitrogens is 1. The molecule has 0 bridgehead atoms. The van der Waals surface area contributed by atoms with Gasteiger partial charge in [-0.15, -0.1) is 0 Å². The van der Waals surface area contributed by atoms with Crippen LogP contribution >= 0.6 is 23.8 Å². The molecular weight excluding hydrogens is 270 g/mol. The highest BCUT2D eigenvalue weighted by molar-refractivity contribution is 7.71. The number of unbranched alkanes of at least 4 members (excludes halogenated alkanes) is 1. The minimum absolute atomic E-state index is 0.260. The molecule has 2 aromatic rings.